The third-order valence-electron chi connectivity index (χ3n) is 1.70. The largest absolute Gasteiger partial charge is 0.497 e. The highest BCUT2D eigenvalue weighted by Crippen LogP contribution is 2.19. The summed E-state index contributed by atoms with van der Waals surface area (Å²) in [5, 5.41) is 0. The minimum absolute atomic E-state index is 0.341. The van der Waals surface area contributed by atoms with E-state index in [0.29, 0.717) is 13.2 Å². The maximum absolute atomic E-state index is 5.25. The summed E-state index contributed by atoms with van der Waals surface area (Å²) in [6, 6.07) is 5.87. The van der Waals surface area contributed by atoms with Crippen LogP contribution in [0.15, 0.2) is 18.2 Å². The standard InChI is InChI=1S/C11H11IO2/c1-3-6-14-8-9-7-10(13-2)4-5-11(9)12/h1,4-5,7H,6,8H2,2H3. The van der Waals surface area contributed by atoms with E-state index in [1.807, 2.05) is 18.2 Å². The van der Waals surface area contributed by atoms with Crippen molar-refractivity contribution in [1.82, 2.24) is 0 Å². The van der Waals surface area contributed by atoms with Crippen molar-refractivity contribution in [3.8, 4) is 18.1 Å². The third kappa shape index (κ3) is 3.20. The topological polar surface area (TPSA) is 18.5 Å². The van der Waals surface area contributed by atoms with Crippen molar-refractivity contribution < 1.29 is 9.47 Å². The van der Waals surface area contributed by atoms with Gasteiger partial charge in [0.25, 0.3) is 0 Å². The zero-order chi connectivity index (χ0) is 10.4. The van der Waals surface area contributed by atoms with Gasteiger partial charge in [-0.05, 0) is 46.4 Å². The second-order valence-electron chi connectivity index (χ2n) is 2.65. The van der Waals surface area contributed by atoms with Crippen LogP contribution in [-0.2, 0) is 11.3 Å². The average Bonchev–Trinajstić information content (AvgIpc) is 2.21. The first-order valence-electron chi connectivity index (χ1n) is 4.11. The summed E-state index contributed by atoms with van der Waals surface area (Å²) in [7, 11) is 1.65. The highest BCUT2D eigenvalue weighted by Gasteiger charge is 2.01. The van der Waals surface area contributed by atoms with Crippen LogP contribution in [0.3, 0.4) is 0 Å². The van der Waals surface area contributed by atoms with Crippen LogP contribution in [-0.4, -0.2) is 13.7 Å². The van der Waals surface area contributed by atoms with Gasteiger partial charge in [0.15, 0.2) is 0 Å². The smallest absolute Gasteiger partial charge is 0.119 e. The van der Waals surface area contributed by atoms with Gasteiger partial charge in [0.2, 0.25) is 0 Å². The maximum atomic E-state index is 5.25. The molecule has 1 aromatic rings. The Morgan fingerprint density at radius 3 is 2.93 bits per heavy atom. The predicted octanol–water partition coefficient (Wildman–Crippen LogP) is 2.45. The zero-order valence-electron chi connectivity index (χ0n) is 7.92. The molecule has 0 bridgehead atoms. The Morgan fingerprint density at radius 2 is 2.29 bits per heavy atom. The van der Waals surface area contributed by atoms with Crippen molar-refractivity contribution in [3.63, 3.8) is 0 Å². The van der Waals surface area contributed by atoms with Crippen LogP contribution in [0.25, 0.3) is 0 Å². The molecule has 2 nitrogen and oxygen atoms in total. The number of halogens is 1. The van der Waals surface area contributed by atoms with Gasteiger partial charge in [-0.3, -0.25) is 0 Å². The molecule has 0 saturated heterocycles. The van der Waals surface area contributed by atoms with Gasteiger partial charge < -0.3 is 9.47 Å². The molecule has 0 aliphatic carbocycles. The third-order valence-corrected chi connectivity index (χ3v) is 2.75. The van der Waals surface area contributed by atoms with Gasteiger partial charge >= 0.3 is 0 Å². The SMILES string of the molecule is C#CCOCc1cc(OC)ccc1I. The van der Waals surface area contributed by atoms with Gasteiger partial charge in [-0.1, -0.05) is 5.92 Å². The molecule has 0 amide bonds. The lowest BCUT2D eigenvalue weighted by atomic mass is 10.2. The summed E-state index contributed by atoms with van der Waals surface area (Å²) in [6.45, 7) is 0.868. The Kier molecular flexibility index (Phi) is 4.77. The lowest BCUT2D eigenvalue weighted by molar-refractivity contribution is 0.153. The summed E-state index contributed by atoms with van der Waals surface area (Å²) >= 11 is 2.26. The summed E-state index contributed by atoms with van der Waals surface area (Å²) in [6.07, 6.45) is 5.09. The number of benzene rings is 1. The van der Waals surface area contributed by atoms with E-state index in [9.17, 15) is 0 Å². The molecule has 0 radical (unpaired) electrons. The molecule has 0 unspecified atom stereocenters. The van der Waals surface area contributed by atoms with E-state index in [4.69, 9.17) is 15.9 Å². The fourth-order valence-electron chi connectivity index (χ4n) is 1.01. The summed E-state index contributed by atoms with van der Waals surface area (Å²) in [4.78, 5) is 0. The normalized spacial score (nSPS) is 9.50. The molecule has 1 rings (SSSR count). The minimum atomic E-state index is 0.341. The molecule has 1 aromatic carbocycles. The minimum Gasteiger partial charge on any atom is -0.497 e. The van der Waals surface area contributed by atoms with Crippen LogP contribution in [0.1, 0.15) is 5.56 Å². The zero-order valence-corrected chi connectivity index (χ0v) is 10.1. The number of hydrogen-bond acceptors (Lipinski definition) is 2. The number of methoxy groups -OCH3 is 1. The molecule has 14 heavy (non-hydrogen) atoms. The van der Waals surface area contributed by atoms with Crippen LogP contribution in [0, 0.1) is 15.9 Å². The van der Waals surface area contributed by atoms with Crippen molar-refractivity contribution in [2.75, 3.05) is 13.7 Å². The van der Waals surface area contributed by atoms with Crippen molar-refractivity contribution in [2.24, 2.45) is 0 Å². The van der Waals surface area contributed by atoms with Gasteiger partial charge in [-0.2, -0.15) is 0 Å². The first-order valence-corrected chi connectivity index (χ1v) is 5.19. The summed E-state index contributed by atoms with van der Waals surface area (Å²) in [5.74, 6) is 3.27. The molecule has 74 valence electrons. The number of hydrogen-bond donors (Lipinski definition) is 0. The second kappa shape index (κ2) is 5.89. The Bertz CT molecular complexity index is 342. The van der Waals surface area contributed by atoms with Gasteiger partial charge in [-0.25, -0.2) is 0 Å². The van der Waals surface area contributed by atoms with Crippen LogP contribution >= 0.6 is 22.6 Å². The fourth-order valence-corrected chi connectivity index (χ4v) is 1.50. The van der Waals surface area contributed by atoms with E-state index in [-0.39, 0.29) is 0 Å². The molecule has 3 heteroatoms. The average molecular weight is 302 g/mol. The van der Waals surface area contributed by atoms with Gasteiger partial charge in [-0.15, -0.1) is 6.42 Å². The molecule has 0 heterocycles. The molecular weight excluding hydrogens is 291 g/mol. The monoisotopic (exact) mass is 302 g/mol. The lowest BCUT2D eigenvalue weighted by Gasteiger charge is -2.06. The Balaban J connectivity index is 2.69. The fraction of sp³-hybridized carbons (Fsp3) is 0.273. The quantitative estimate of drug-likeness (QED) is 0.483. The van der Waals surface area contributed by atoms with Crippen LogP contribution in [0.2, 0.25) is 0 Å². The Morgan fingerprint density at radius 1 is 1.50 bits per heavy atom. The van der Waals surface area contributed by atoms with E-state index < -0.39 is 0 Å². The van der Waals surface area contributed by atoms with Crippen LogP contribution < -0.4 is 4.74 Å². The highest BCUT2D eigenvalue weighted by molar-refractivity contribution is 14.1. The van der Waals surface area contributed by atoms with Crippen molar-refractivity contribution >= 4 is 22.6 Å². The van der Waals surface area contributed by atoms with Crippen molar-refractivity contribution in [1.29, 1.82) is 0 Å². The molecular formula is C11H11IO2. The molecule has 0 saturated carbocycles. The molecule has 0 N–H and O–H groups in total. The van der Waals surface area contributed by atoms with E-state index in [2.05, 4.69) is 28.5 Å². The van der Waals surface area contributed by atoms with Crippen molar-refractivity contribution in [2.45, 2.75) is 6.61 Å². The summed E-state index contributed by atoms with van der Waals surface area (Å²) < 4.78 is 11.5. The highest BCUT2D eigenvalue weighted by atomic mass is 127. The predicted molar refractivity (Wildman–Crippen MR) is 64.2 cm³/mol. The van der Waals surface area contributed by atoms with Gasteiger partial charge in [0, 0.05) is 3.57 Å². The maximum Gasteiger partial charge on any atom is 0.119 e. The Labute approximate surface area is 97.7 Å². The number of terminal acetylenes is 1. The van der Waals surface area contributed by atoms with E-state index in [1.165, 1.54) is 0 Å². The first kappa shape index (κ1) is 11.3. The van der Waals surface area contributed by atoms with E-state index in [1.54, 1.807) is 7.11 Å². The van der Waals surface area contributed by atoms with Gasteiger partial charge in [0.05, 0.1) is 13.7 Å². The summed E-state index contributed by atoms with van der Waals surface area (Å²) in [5.41, 5.74) is 1.10. The molecule has 0 fully saturated rings. The molecule has 0 atom stereocenters. The first-order chi connectivity index (χ1) is 6.77. The van der Waals surface area contributed by atoms with E-state index in [0.717, 1.165) is 14.9 Å². The molecule has 0 spiro atoms. The Hall–Kier alpha value is -0.730. The number of rotatable bonds is 4. The molecule has 0 aromatic heterocycles. The van der Waals surface area contributed by atoms with Crippen LogP contribution in [0.5, 0.6) is 5.75 Å². The molecule has 0 aliphatic heterocycles. The van der Waals surface area contributed by atoms with Crippen LogP contribution in [0.4, 0.5) is 0 Å². The molecule has 0 aliphatic rings. The van der Waals surface area contributed by atoms with Gasteiger partial charge in [0.1, 0.15) is 12.4 Å². The lowest BCUT2D eigenvalue weighted by Crippen LogP contribution is -1.96. The second-order valence-corrected chi connectivity index (χ2v) is 3.82. The van der Waals surface area contributed by atoms with Crippen molar-refractivity contribution in [3.05, 3.63) is 27.3 Å². The number of ether oxygens (including phenoxy) is 2. The van der Waals surface area contributed by atoms with E-state index >= 15 is 0 Å².